The zero-order valence-electron chi connectivity index (χ0n) is 15.4. The van der Waals surface area contributed by atoms with Crippen LogP contribution in [0, 0.1) is 11.2 Å². The molecule has 1 aliphatic heterocycles. The molecule has 1 fully saturated rings. The van der Waals surface area contributed by atoms with E-state index in [0.717, 1.165) is 67.6 Å². The van der Waals surface area contributed by atoms with Crippen molar-refractivity contribution < 1.29 is 9.18 Å². The van der Waals surface area contributed by atoms with Crippen LogP contribution in [0.25, 0.3) is 11.3 Å². The maximum absolute atomic E-state index is 13.6. The van der Waals surface area contributed by atoms with Gasteiger partial charge in [0.2, 0.25) is 5.91 Å². The Morgan fingerprint density at radius 2 is 1.96 bits per heavy atom. The van der Waals surface area contributed by atoms with Gasteiger partial charge in [0.05, 0.1) is 5.69 Å². The lowest BCUT2D eigenvalue weighted by Crippen LogP contribution is -2.44. The lowest BCUT2D eigenvalue weighted by atomic mass is 9.74. The van der Waals surface area contributed by atoms with E-state index in [1.54, 1.807) is 6.07 Å². The summed E-state index contributed by atoms with van der Waals surface area (Å²) in [6, 6.07) is 6.56. The summed E-state index contributed by atoms with van der Waals surface area (Å²) < 4.78 is 13.6. The minimum atomic E-state index is -0.255. The number of aromatic nitrogens is 2. The Bertz CT molecular complexity index is 807. The molecular weight excluding hydrogens is 329 g/mol. The highest BCUT2D eigenvalue weighted by molar-refractivity contribution is 5.82. The van der Waals surface area contributed by atoms with Gasteiger partial charge in [-0.25, -0.2) is 4.39 Å². The van der Waals surface area contributed by atoms with Crippen molar-refractivity contribution in [2.24, 2.45) is 5.41 Å². The second-order valence-electron chi connectivity index (χ2n) is 7.95. The molecule has 1 aromatic heterocycles. The van der Waals surface area contributed by atoms with E-state index in [4.69, 9.17) is 0 Å². The molecule has 1 aliphatic carbocycles. The maximum Gasteiger partial charge on any atom is 0.228 e. The highest BCUT2D eigenvalue weighted by Gasteiger charge is 2.38. The molecule has 0 saturated heterocycles. The van der Waals surface area contributed by atoms with Gasteiger partial charge in [-0.15, -0.1) is 0 Å². The van der Waals surface area contributed by atoms with Crippen LogP contribution < -0.4 is 0 Å². The van der Waals surface area contributed by atoms with Crippen molar-refractivity contribution in [3.8, 4) is 11.3 Å². The number of halogens is 1. The van der Waals surface area contributed by atoms with Crippen LogP contribution in [0.15, 0.2) is 24.3 Å². The van der Waals surface area contributed by atoms with Crippen LogP contribution >= 0.6 is 0 Å². The molecule has 2 aliphatic rings. The topological polar surface area (TPSA) is 49.0 Å². The first-order valence-electron chi connectivity index (χ1n) is 9.68. The van der Waals surface area contributed by atoms with Gasteiger partial charge in [-0.3, -0.25) is 9.89 Å². The van der Waals surface area contributed by atoms with Gasteiger partial charge >= 0.3 is 0 Å². The normalized spacial score (nSPS) is 19.7. The second-order valence-corrected chi connectivity index (χ2v) is 7.95. The highest BCUT2D eigenvalue weighted by atomic mass is 19.1. The number of aromatic amines is 1. The summed E-state index contributed by atoms with van der Waals surface area (Å²) in [4.78, 5) is 15.2. The van der Waals surface area contributed by atoms with Crippen LogP contribution in [-0.2, 0) is 17.6 Å². The average Bonchev–Trinajstić information content (AvgIpc) is 2.93. The van der Waals surface area contributed by atoms with Gasteiger partial charge < -0.3 is 4.90 Å². The van der Waals surface area contributed by atoms with Gasteiger partial charge in [0.25, 0.3) is 0 Å². The number of nitrogens with one attached hydrogen (secondary N) is 1. The fourth-order valence-electron chi connectivity index (χ4n) is 4.49. The third-order valence-corrected chi connectivity index (χ3v) is 6.07. The first-order chi connectivity index (χ1) is 12.6. The Balaban J connectivity index is 1.54. The summed E-state index contributed by atoms with van der Waals surface area (Å²) >= 11 is 0. The molecule has 1 saturated carbocycles. The van der Waals surface area contributed by atoms with Crippen molar-refractivity contribution in [2.45, 2.75) is 51.9 Å². The van der Waals surface area contributed by atoms with Gasteiger partial charge in [0.1, 0.15) is 5.82 Å². The summed E-state index contributed by atoms with van der Waals surface area (Å²) in [6.07, 6.45) is 7.11. The largest absolute Gasteiger partial charge is 0.342 e. The predicted octanol–water partition coefficient (Wildman–Crippen LogP) is 4.11. The number of hydrogen-bond donors (Lipinski definition) is 1. The number of carbonyl (C=O) groups excluding carboxylic acids is 1. The standard InChI is InChI=1S/C21H26FN3O/c1-21(10-3-2-4-11-21)20(26)25-12-8-17-18(9-13-25)23-24-19(17)15-6-5-7-16(22)14-15/h5-7,14H,2-4,8-13H2,1H3,(H,23,24). The smallest absolute Gasteiger partial charge is 0.228 e. The summed E-state index contributed by atoms with van der Waals surface area (Å²) in [6.45, 7) is 3.58. The monoisotopic (exact) mass is 355 g/mol. The molecule has 1 amide bonds. The van der Waals surface area contributed by atoms with Crippen LogP contribution in [0.2, 0.25) is 0 Å². The van der Waals surface area contributed by atoms with Gasteiger partial charge in [-0.2, -0.15) is 5.10 Å². The van der Waals surface area contributed by atoms with Crippen LogP contribution in [0.5, 0.6) is 0 Å². The van der Waals surface area contributed by atoms with E-state index < -0.39 is 0 Å². The van der Waals surface area contributed by atoms with Gasteiger partial charge in [-0.05, 0) is 31.4 Å². The molecule has 0 bridgehead atoms. The van der Waals surface area contributed by atoms with Crippen LogP contribution in [0.3, 0.4) is 0 Å². The zero-order valence-corrected chi connectivity index (χ0v) is 15.4. The summed E-state index contributed by atoms with van der Waals surface area (Å²) in [7, 11) is 0. The Labute approximate surface area is 153 Å². The molecule has 1 aromatic carbocycles. The van der Waals surface area contributed by atoms with Crippen molar-refractivity contribution in [3.05, 3.63) is 41.3 Å². The minimum Gasteiger partial charge on any atom is -0.342 e. The second kappa shape index (κ2) is 6.86. The number of H-pyrrole nitrogens is 1. The number of fused-ring (bicyclic) bond motifs is 1. The predicted molar refractivity (Wildman–Crippen MR) is 99.2 cm³/mol. The molecule has 138 valence electrons. The molecular formula is C21H26FN3O. The fraction of sp³-hybridized carbons (Fsp3) is 0.524. The molecule has 4 rings (SSSR count). The van der Waals surface area contributed by atoms with E-state index in [2.05, 4.69) is 17.1 Å². The van der Waals surface area contributed by atoms with Crippen LogP contribution in [0.1, 0.15) is 50.3 Å². The van der Waals surface area contributed by atoms with Crippen molar-refractivity contribution in [3.63, 3.8) is 0 Å². The number of amides is 1. The third-order valence-electron chi connectivity index (χ3n) is 6.07. The van der Waals surface area contributed by atoms with Crippen molar-refractivity contribution in [2.75, 3.05) is 13.1 Å². The number of rotatable bonds is 2. The van der Waals surface area contributed by atoms with Gasteiger partial charge in [-0.1, -0.05) is 38.3 Å². The van der Waals surface area contributed by atoms with E-state index >= 15 is 0 Å². The third kappa shape index (κ3) is 3.15. The molecule has 0 radical (unpaired) electrons. The quantitative estimate of drug-likeness (QED) is 0.881. The van der Waals surface area contributed by atoms with Crippen LogP contribution in [0.4, 0.5) is 4.39 Å². The van der Waals surface area contributed by atoms with E-state index in [9.17, 15) is 9.18 Å². The Morgan fingerprint density at radius 1 is 1.19 bits per heavy atom. The lowest BCUT2D eigenvalue weighted by Gasteiger charge is -2.36. The number of nitrogens with zero attached hydrogens (tertiary/aromatic N) is 2. The number of benzene rings is 1. The molecule has 5 heteroatoms. The van der Waals surface area contributed by atoms with Gasteiger partial charge in [0.15, 0.2) is 0 Å². The van der Waals surface area contributed by atoms with E-state index in [0.29, 0.717) is 12.5 Å². The van der Waals surface area contributed by atoms with E-state index in [1.807, 2.05) is 11.0 Å². The summed E-state index contributed by atoms with van der Waals surface area (Å²) in [5.74, 6) is 0.0533. The number of hydrogen-bond acceptors (Lipinski definition) is 2. The molecule has 0 atom stereocenters. The number of carbonyl (C=O) groups is 1. The zero-order chi connectivity index (χ0) is 18.1. The molecule has 0 unspecified atom stereocenters. The molecule has 0 spiro atoms. The molecule has 4 nitrogen and oxygen atoms in total. The summed E-state index contributed by atoms with van der Waals surface area (Å²) in [5, 5.41) is 7.55. The maximum atomic E-state index is 13.6. The average molecular weight is 355 g/mol. The summed E-state index contributed by atoms with van der Waals surface area (Å²) in [5.41, 5.74) is 3.62. The Kier molecular flexibility index (Phi) is 4.55. The molecule has 2 heterocycles. The highest BCUT2D eigenvalue weighted by Crippen LogP contribution is 2.38. The van der Waals surface area contributed by atoms with E-state index in [1.165, 1.54) is 18.6 Å². The van der Waals surface area contributed by atoms with Crippen molar-refractivity contribution >= 4 is 5.91 Å². The molecule has 26 heavy (non-hydrogen) atoms. The SMILES string of the molecule is CC1(C(=O)N2CCc3[nH]nc(-c4cccc(F)c4)c3CC2)CCCCC1. The minimum absolute atomic E-state index is 0.195. The Hall–Kier alpha value is -2.17. The Morgan fingerprint density at radius 3 is 2.73 bits per heavy atom. The van der Waals surface area contributed by atoms with E-state index in [-0.39, 0.29) is 11.2 Å². The fourth-order valence-corrected chi connectivity index (χ4v) is 4.49. The first-order valence-corrected chi connectivity index (χ1v) is 9.68. The molecule has 1 N–H and O–H groups in total. The van der Waals surface area contributed by atoms with Crippen molar-refractivity contribution in [1.82, 2.24) is 15.1 Å². The lowest BCUT2D eigenvalue weighted by molar-refractivity contribution is -0.143. The van der Waals surface area contributed by atoms with Crippen LogP contribution in [-0.4, -0.2) is 34.1 Å². The first kappa shape index (κ1) is 17.3. The van der Waals surface area contributed by atoms with Crippen molar-refractivity contribution in [1.29, 1.82) is 0 Å². The van der Waals surface area contributed by atoms with Gasteiger partial charge in [0, 0.05) is 41.7 Å². The molecule has 2 aromatic rings.